The Morgan fingerprint density at radius 2 is 2.28 bits per heavy atom. The van der Waals surface area contributed by atoms with Gasteiger partial charge in [-0.1, -0.05) is 12.1 Å². The number of nitrogens with zero attached hydrogens (tertiary/aromatic N) is 2. The summed E-state index contributed by atoms with van der Waals surface area (Å²) in [4.78, 5) is 11.7. The molecule has 1 heterocycles. The van der Waals surface area contributed by atoms with Crippen molar-refractivity contribution in [3.63, 3.8) is 0 Å². The molecule has 0 aliphatic heterocycles. The Labute approximate surface area is 106 Å². The van der Waals surface area contributed by atoms with E-state index in [1.165, 1.54) is 0 Å². The van der Waals surface area contributed by atoms with Crippen molar-refractivity contribution in [2.24, 2.45) is 7.05 Å². The van der Waals surface area contributed by atoms with E-state index in [0.29, 0.717) is 18.7 Å². The average Bonchev–Trinajstić information content (AvgIpc) is 2.72. The van der Waals surface area contributed by atoms with Crippen LogP contribution in [0.3, 0.4) is 0 Å². The number of nitrogen functional groups attached to an aromatic ring is 1. The maximum atomic E-state index is 11.7. The minimum absolute atomic E-state index is 0.0453. The van der Waals surface area contributed by atoms with Gasteiger partial charge in [0.15, 0.2) is 5.82 Å². The highest BCUT2D eigenvalue weighted by Crippen LogP contribution is 2.09. The standard InChI is InChI=1S/C13H16N4O/c1-17-8-7-12(16-17)15-13(18)6-5-10-3-2-4-11(14)9-10/h2-4,7-9H,5-6,14H2,1H3,(H,15,16,18). The minimum atomic E-state index is -0.0453. The Morgan fingerprint density at radius 1 is 1.44 bits per heavy atom. The van der Waals surface area contributed by atoms with Gasteiger partial charge >= 0.3 is 0 Å². The highest BCUT2D eigenvalue weighted by atomic mass is 16.1. The first-order valence-electron chi connectivity index (χ1n) is 5.77. The lowest BCUT2D eigenvalue weighted by Gasteiger charge is -2.03. The van der Waals surface area contributed by atoms with E-state index in [9.17, 15) is 4.79 Å². The summed E-state index contributed by atoms with van der Waals surface area (Å²) in [6.45, 7) is 0. The van der Waals surface area contributed by atoms with Crippen molar-refractivity contribution >= 4 is 17.4 Å². The first-order chi connectivity index (χ1) is 8.63. The summed E-state index contributed by atoms with van der Waals surface area (Å²) in [6, 6.07) is 9.33. The topological polar surface area (TPSA) is 72.9 Å². The number of carbonyl (C=O) groups excluding carboxylic acids is 1. The van der Waals surface area contributed by atoms with Gasteiger partial charge in [-0.2, -0.15) is 5.10 Å². The Hall–Kier alpha value is -2.30. The number of hydrogen-bond donors (Lipinski definition) is 2. The highest BCUT2D eigenvalue weighted by Gasteiger charge is 2.05. The van der Waals surface area contributed by atoms with Crippen LogP contribution in [-0.2, 0) is 18.3 Å². The van der Waals surface area contributed by atoms with Crippen molar-refractivity contribution in [1.82, 2.24) is 9.78 Å². The molecule has 0 aliphatic carbocycles. The summed E-state index contributed by atoms with van der Waals surface area (Å²) in [7, 11) is 1.81. The van der Waals surface area contributed by atoms with Crippen LogP contribution in [-0.4, -0.2) is 15.7 Å². The highest BCUT2D eigenvalue weighted by molar-refractivity contribution is 5.89. The second kappa shape index (κ2) is 5.35. The molecule has 2 rings (SSSR count). The Kier molecular flexibility index (Phi) is 3.62. The monoisotopic (exact) mass is 244 g/mol. The molecule has 94 valence electrons. The van der Waals surface area contributed by atoms with Crippen LogP contribution in [0.25, 0.3) is 0 Å². The van der Waals surface area contributed by atoms with Gasteiger partial charge in [0, 0.05) is 31.4 Å². The number of rotatable bonds is 4. The first kappa shape index (κ1) is 12.2. The molecule has 0 aliphatic rings. The summed E-state index contributed by atoms with van der Waals surface area (Å²) in [6.07, 6.45) is 2.87. The van der Waals surface area contributed by atoms with Crippen molar-refractivity contribution in [1.29, 1.82) is 0 Å². The lowest BCUT2D eigenvalue weighted by molar-refractivity contribution is -0.116. The molecule has 0 atom stereocenters. The number of aromatic nitrogens is 2. The molecule has 5 nitrogen and oxygen atoms in total. The molecule has 2 aromatic rings. The van der Waals surface area contributed by atoms with Gasteiger partial charge in [-0.05, 0) is 24.1 Å². The summed E-state index contributed by atoms with van der Waals surface area (Å²) in [5.41, 5.74) is 7.46. The van der Waals surface area contributed by atoms with E-state index in [2.05, 4.69) is 10.4 Å². The Morgan fingerprint density at radius 3 is 2.94 bits per heavy atom. The molecule has 5 heteroatoms. The van der Waals surface area contributed by atoms with Crippen LogP contribution >= 0.6 is 0 Å². The Bertz CT molecular complexity index is 547. The number of anilines is 2. The SMILES string of the molecule is Cn1ccc(NC(=O)CCc2cccc(N)c2)n1. The predicted molar refractivity (Wildman–Crippen MR) is 71.0 cm³/mol. The summed E-state index contributed by atoms with van der Waals surface area (Å²) >= 11 is 0. The van der Waals surface area contributed by atoms with E-state index in [-0.39, 0.29) is 5.91 Å². The molecule has 0 radical (unpaired) electrons. The number of carbonyl (C=O) groups is 1. The molecular formula is C13H16N4O. The molecule has 0 spiro atoms. The van der Waals surface area contributed by atoms with E-state index >= 15 is 0 Å². The van der Waals surface area contributed by atoms with Crippen molar-refractivity contribution in [2.75, 3.05) is 11.1 Å². The predicted octanol–water partition coefficient (Wildman–Crippen LogP) is 1.57. The van der Waals surface area contributed by atoms with Crippen molar-refractivity contribution < 1.29 is 4.79 Å². The molecule has 18 heavy (non-hydrogen) atoms. The minimum Gasteiger partial charge on any atom is -0.399 e. The number of nitrogens with two attached hydrogens (primary N) is 1. The number of hydrogen-bond acceptors (Lipinski definition) is 3. The average molecular weight is 244 g/mol. The Balaban J connectivity index is 1.85. The number of nitrogens with one attached hydrogen (secondary N) is 1. The third kappa shape index (κ3) is 3.35. The van der Waals surface area contributed by atoms with Crippen LogP contribution < -0.4 is 11.1 Å². The second-order valence-electron chi connectivity index (χ2n) is 4.17. The van der Waals surface area contributed by atoms with Crippen molar-refractivity contribution in [2.45, 2.75) is 12.8 Å². The normalized spacial score (nSPS) is 10.3. The molecule has 1 aromatic carbocycles. The van der Waals surface area contributed by atoms with Crippen LogP contribution in [0.2, 0.25) is 0 Å². The van der Waals surface area contributed by atoms with Gasteiger partial charge in [-0.25, -0.2) is 0 Å². The fourth-order valence-corrected chi connectivity index (χ4v) is 1.69. The quantitative estimate of drug-likeness (QED) is 0.802. The summed E-state index contributed by atoms with van der Waals surface area (Å²) < 4.78 is 1.65. The maximum absolute atomic E-state index is 11.7. The molecule has 0 saturated carbocycles. The lowest BCUT2D eigenvalue weighted by Crippen LogP contribution is -2.13. The van der Waals surface area contributed by atoms with Crippen LogP contribution in [0.5, 0.6) is 0 Å². The van der Waals surface area contributed by atoms with Gasteiger partial charge in [0.05, 0.1) is 0 Å². The van der Waals surface area contributed by atoms with E-state index in [4.69, 9.17) is 5.73 Å². The van der Waals surface area contributed by atoms with Crippen molar-refractivity contribution in [3.05, 3.63) is 42.1 Å². The zero-order chi connectivity index (χ0) is 13.0. The number of benzene rings is 1. The van der Waals surface area contributed by atoms with E-state index in [1.54, 1.807) is 16.9 Å². The van der Waals surface area contributed by atoms with Crippen LogP contribution in [0, 0.1) is 0 Å². The zero-order valence-electron chi connectivity index (χ0n) is 10.3. The molecule has 0 saturated heterocycles. The van der Waals surface area contributed by atoms with Gasteiger partial charge in [-0.3, -0.25) is 9.48 Å². The molecule has 0 bridgehead atoms. The molecule has 0 fully saturated rings. The third-order valence-electron chi connectivity index (χ3n) is 2.57. The van der Waals surface area contributed by atoms with Gasteiger partial charge in [0.2, 0.25) is 5.91 Å². The van der Waals surface area contributed by atoms with Crippen LogP contribution in [0.4, 0.5) is 11.5 Å². The third-order valence-corrected chi connectivity index (χ3v) is 2.57. The number of amides is 1. The zero-order valence-corrected chi connectivity index (χ0v) is 10.3. The van der Waals surface area contributed by atoms with Crippen LogP contribution in [0.1, 0.15) is 12.0 Å². The molecule has 3 N–H and O–H groups in total. The molecule has 0 unspecified atom stereocenters. The smallest absolute Gasteiger partial charge is 0.225 e. The van der Waals surface area contributed by atoms with Gasteiger partial charge in [-0.15, -0.1) is 0 Å². The molecule has 1 aromatic heterocycles. The van der Waals surface area contributed by atoms with E-state index in [0.717, 1.165) is 11.3 Å². The van der Waals surface area contributed by atoms with Gasteiger partial charge < -0.3 is 11.1 Å². The second-order valence-corrected chi connectivity index (χ2v) is 4.17. The fourth-order valence-electron chi connectivity index (χ4n) is 1.69. The van der Waals surface area contributed by atoms with Gasteiger partial charge in [0.1, 0.15) is 0 Å². The van der Waals surface area contributed by atoms with Crippen molar-refractivity contribution in [3.8, 4) is 0 Å². The van der Waals surface area contributed by atoms with E-state index in [1.807, 2.05) is 31.3 Å². The summed E-state index contributed by atoms with van der Waals surface area (Å²) in [5, 5.41) is 6.83. The van der Waals surface area contributed by atoms with Gasteiger partial charge in [0.25, 0.3) is 0 Å². The van der Waals surface area contributed by atoms with E-state index < -0.39 is 0 Å². The summed E-state index contributed by atoms with van der Waals surface area (Å²) in [5.74, 6) is 0.534. The first-order valence-corrected chi connectivity index (χ1v) is 5.77. The van der Waals surface area contributed by atoms with Crippen LogP contribution in [0.15, 0.2) is 36.5 Å². The molecular weight excluding hydrogens is 228 g/mol. The number of aryl methyl sites for hydroxylation is 2. The largest absolute Gasteiger partial charge is 0.399 e. The lowest BCUT2D eigenvalue weighted by atomic mass is 10.1. The molecule has 1 amide bonds. The fraction of sp³-hybridized carbons (Fsp3) is 0.231. The maximum Gasteiger partial charge on any atom is 0.225 e.